The van der Waals surface area contributed by atoms with Gasteiger partial charge in [0.1, 0.15) is 6.04 Å². The third kappa shape index (κ3) is 2.18. The van der Waals surface area contributed by atoms with Crippen LogP contribution >= 0.6 is 0 Å². The summed E-state index contributed by atoms with van der Waals surface area (Å²) in [6.45, 7) is 0. The van der Waals surface area contributed by atoms with Gasteiger partial charge in [-0.3, -0.25) is 14.6 Å². The second kappa shape index (κ2) is 5.74. The average Bonchev–Trinajstić information content (AvgIpc) is 2.84. The lowest BCUT2D eigenvalue weighted by atomic mass is 9.82. The fourth-order valence-corrected chi connectivity index (χ4v) is 4.39. The maximum absolute atomic E-state index is 13.2. The Morgan fingerprint density at radius 1 is 1.00 bits per heavy atom. The summed E-state index contributed by atoms with van der Waals surface area (Å²) in [4.78, 5) is 27.6. The lowest BCUT2D eigenvalue weighted by Crippen LogP contribution is -2.53. The van der Waals surface area contributed by atoms with E-state index >= 15 is 0 Å². The van der Waals surface area contributed by atoms with Crippen LogP contribution in [0.2, 0.25) is 0 Å². The first-order chi connectivity index (χ1) is 11.6. The quantitative estimate of drug-likeness (QED) is 0.784. The molecule has 2 unspecified atom stereocenters. The molecule has 1 aliphatic carbocycles. The van der Waals surface area contributed by atoms with Crippen molar-refractivity contribution in [2.75, 3.05) is 19.0 Å². The van der Waals surface area contributed by atoms with Crippen LogP contribution in [0.15, 0.2) is 41.6 Å². The highest BCUT2D eigenvalue weighted by Crippen LogP contribution is 2.44. The third-order valence-corrected chi connectivity index (χ3v) is 5.39. The molecule has 3 aliphatic rings. The van der Waals surface area contributed by atoms with Gasteiger partial charge in [-0.05, 0) is 49.8 Å². The molecule has 1 saturated heterocycles. The van der Waals surface area contributed by atoms with Crippen LogP contribution in [0, 0.1) is 5.92 Å². The molecule has 1 fully saturated rings. The van der Waals surface area contributed by atoms with E-state index in [1.54, 1.807) is 0 Å². The first-order valence-electron chi connectivity index (χ1n) is 8.70. The van der Waals surface area contributed by atoms with Crippen LogP contribution in [0.5, 0.6) is 0 Å². The molecule has 5 heteroatoms. The van der Waals surface area contributed by atoms with Crippen molar-refractivity contribution >= 4 is 17.5 Å². The van der Waals surface area contributed by atoms with Crippen LogP contribution in [0.3, 0.4) is 0 Å². The molecule has 0 saturated carbocycles. The Morgan fingerprint density at radius 2 is 1.71 bits per heavy atom. The first kappa shape index (κ1) is 15.4. The van der Waals surface area contributed by atoms with Gasteiger partial charge in [-0.2, -0.15) is 0 Å². The fourth-order valence-electron chi connectivity index (χ4n) is 4.39. The average molecular weight is 325 g/mol. The summed E-state index contributed by atoms with van der Waals surface area (Å²) in [7, 11) is 3.93. The van der Waals surface area contributed by atoms with Gasteiger partial charge in [-0.15, -0.1) is 0 Å². The summed E-state index contributed by atoms with van der Waals surface area (Å²) in [5.41, 5.74) is 3.31. The molecule has 0 radical (unpaired) electrons. The Labute approximate surface area is 142 Å². The van der Waals surface area contributed by atoms with Gasteiger partial charge < -0.3 is 0 Å². The van der Waals surface area contributed by atoms with Crippen molar-refractivity contribution in [2.24, 2.45) is 5.92 Å². The highest BCUT2D eigenvalue weighted by atomic mass is 16.2. The number of hydrogen-bond donors (Lipinski definition) is 0. The zero-order valence-corrected chi connectivity index (χ0v) is 14.2. The monoisotopic (exact) mass is 325 g/mol. The molecule has 2 aliphatic heterocycles. The normalized spacial score (nSPS) is 27.0. The smallest absolute Gasteiger partial charge is 0.258 e. The summed E-state index contributed by atoms with van der Waals surface area (Å²) < 4.78 is 0. The van der Waals surface area contributed by atoms with E-state index < -0.39 is 6.04 Å². The van der Waals surface area contributed by atoms with Gasteiger partial charge in [0.25, 0.3) is 5.91 Å². The number of carbonyl (C=O) groups is 2. The topological polar surface area (TPSA) is 43.9 Å². The number of rotatable bonds is 2. The van der Waals surface area contributed by atoms with Crippen molar-refractivity contribution in [3.63, 3.8) is 0 Å². The summed E-state index contributed by atoms with van der Waals surface area (Å²) in [5.74, 6) is -0.417. The summed E-state index contributed by atoms with van der Waals surface area (Å²) >= 11 is 0. The predicted octanol–water partition coefficient (Wildman–Crippen LogP) is 2.56. The first-order valence-corrected chi connectivity index (χ1v) is 8.70. The number of benzene rings is 1. The SMILES string of the molecule is CN(C)N1C2=C(CCCC2)CC2C(=O)N(c3ccccc3)C(=O)C21. The lowest BCUT2D eigenvalue weighted by molar-refractivity contribution is -0.128. The van der Waals surface area contributed by atoms with E-state index in [2.05, 4.69) is 5.01 Å². The minimum Gasteiger partial charge on any atom is -0.297 e. The molecule has 0 N–H and O–H groups in total. The minimum atomic E-state index is -0.399. The number of nitrogens with zero attached hydrogens (tertiary/aromatic N) is 3. The maximum Gasteiger partial charge on any atom is 0.258 e. The molecule has 0 bridgehead atoms. The Bertz CT molecular complexity index is 711. The minimum absolute atomic E-state index is 0.0554. The number of fused-ring (bicyclic) bond motifs is 1. The number of para-hydroxylation sites is 1. The molecule has 2 atom stereocenters. The van der Waals surface area contributed by atoms with E-state index in [1.165, 1.54) is 22.6 Å². The largest absolute Gasteiger partial charge is 0.297 e. The van der Waals surface area contributed by atoms with Crippen LogP contribution in [-0.2, 0) is 9.59 Å². The van der Waals surface area contributed by atoms with Crippen molar-refractivity contribution in [1.29, 1.82) is 0 Å². The van der Waals surface area contributed by atoms with Gasteiger partial charge in [0.05, 0.1) is 11.6 Å². The molecular formula is C19H23N3O2. The van der Waals surface area contributed by atoms with Gasteiger partial charge in [-0.1, -0.05) is 18.2 Å². The highest BCUT2D eigenvalue weighted by molar-refractivity contribution is 6.23. The molecule has 1 aromatic rings. The van der Waals surface area contributed by atoms with Crippen molar-refractivity contribution in [3.05, 3.63) is 41.6 Å². The second-order valence-electron chi connectivity index (χ2n) is 7.05. The Morgan fingerprint density at radius 3 is 2.42 bits per heavy atom. The Kier molecular flexibility index (Phi) is 3.68. The number of hydrogen-bond acceptors (Lipinski definition) is 4. The van der Waals surface area contributed by atoms with Crippen LogP contribution in [0.1, 0.15) is 32.1 Å². The van der Waals surface area contributed by atoms with Crippen molar-refractivity contribution in [3.8, 4) is 0 Å². The van der Waals surface area contributed by atoms with Gasteiger partial charge in [-0.25, -0.2) is 9.91 Å². The van der Waals surface area contributed by atoms with Gasteiger partial charge in [0.2, 0.25) is 5.91 Å². The van der Waals surface area contributed by atoms with Crippen LogP contribution in [-0.4, -0.2) is 42.0 Å². The predicted molar refractivity (Wildman–Crippen MR) is 91.9 cm³/mol. The van der Waals surface area contributed by atoms with E-state index in [9.17, 15) is 9.59 Å². The Balaban J connectivity index is 1.76. The summed E-state index contributed by atoms with van der Waals surface area (Å²) in [6, 6.07) is 8.90. The molecule has 0 aromatic heterocycles. The van der Waals surface area contributed by atoms with Gasteiger partial charge >= 0.3 is 0 Å². The van der Waals surface area contributed by atoms with Crippen LogP contribution < -0.4 is 4.90 Å². The van der Waals surface area contributed by atoms with Gasteiger partial charge in [0, 0.05) is 19.8 Å². The second-order valence-corrected chi connectivity index (χ2v) is 7.05. The number of hydrazine groups is 1. The number of imide groups is 1. The number of anilines is 1. The van der Waals surface area contributed by atoms with Crippen LogP contribution in [0.4, 0.5) is 5.69 Å². The molecule has 5 nitrogen and oxygen atoms in total. The highest BCUT2D eigenvalue weighted by Gasteiger charge is 2.54. The maximum atomic E-state index is 13.2. The molecule has 4 rings (SSSR count). The van der Waals surface area contributed by atoms with E-state index in [0.29, 0.717) is 5.69 Å². The van der Waals surface area contributed by atoms with Crippen LogP contribution in [0.25, 0.3) is 0 Å². The molecule has 1 aromatic carbocycles. The summed E-state index contributed by atoms with van der Waals surface area (Å²) in [6.07, 6.45) is 5.13. The van der Waals surface area contributed by atoms with E-state index in [1.807, 2.05) is 49.4 Å². The molecule has 2 heterocycles. The van der Waals surface area contributed by atoms with Gasteiger partial charge in [0.15, 0.2) is 0 Å². The fraction of sp³-hybridized carbons (Fsp3) is 0.474. The van der Waals surface area contributed by atoms with Crippen molar-refractivity contribution in [2.45, 2.75) is 38.1 Å². The number of carbonyl (C=O) groups excluding carboxylic acids is 2. The zero-order valence-electron chi connectivity index (χ0n) is 14.2. The van der Waals surface area contributed by atoms with E-state index in [4.69, 9.17) is 0 Å². The molecule has 126 valence electrons. The molecular weight excluding hydrogens is 302 g/mol. The van der Waals surface area contributed by atoms with Crippen molar-refractivity contribution < 1.29 is 9.59 Å². The standard InChI is InChI=1S/C19H23N3O2/c1-20(2)22-16-11-7-6-8-13(16)12-15-17(22)19(24)21(18(15)23)14-9-4-3-5-10-14/h3-5,9-10,15,17H,6-8,11-12H2,1-2H3. The van der Waals surface area contributed by atoms with E-state index in [0.717, 1.165) is 25.7 Å². The van der Waals surface area contributed by atoms with Crippen molar-refractivity contribution in [1.82, 2.24) is 10.0 Å². The summed E-state index contributed by atoms with van der Waals surface area (Å²) in [5, 5.41) is 4.07. The number of allylic oxidation sites excluding steroid dienone is 2. The Hall–Kier alpha value is -2.14. The molecule has 0 spiro atoms. The van der Waals surface area contributed by atoms with E-state index in [-0.39, 0.29) is 17.7 Å². The zero-order chi connectivity index (χ0) is 16.8. The molecule has 2 amide bonds. The third-order valence-electron chi connectivity index (χ3n) is 5.39. The number of amides is 2. The lowest BCUT2D eigenvalue weighted by Gasteiger charge is -2.44. The molecule has 24 heavy (non-hydrogen) atoms.